The van der Waals surface area contributed by atoms with Crippen LogP contribution in [-0.4, -0.2) is 23.1 Å². The molecule has 0 aliphatic heterocycles. The van der Waals surface area contributed by atoms with Crippen molar-refractivity contribution >= 4 is 0 Å². The van der Waals surface area contributed by atoms with Gasteiger partial charge in [0.1, 0.15) is 0 Å². The first kappa shape index (κ1) is 17.7. The summed E-state index contributed by atoms with van der Waals surface area (Å²) < 4.78 is 0. The molecule has 0 aliphatic rings. The third kappa shape index (κ3) is 4.93. The zero-order valence-electron chi connectivity index (χ0n) is 13.8. The molecule has 1 atom stereocenters. The summed E-state index contributed by atoms with van der Waals surface area (Å²) in [6, 6.07) is 18.8. The van der Waals surface area contributed by atoms with Gasteiger partial charge in [0.15, 0.2) is 0 Å². The Balaban J connectivity index is 2.03. The van der Waals surface area contributed by atoms with Gasteiger partial charge in [-0.05, 0) is 48.4 Å². The SMILES string of the molecule is CCCN(Cc1ccc(C#N)cc1)CC(O)c1ccc(C#N)cc1. The molecule has 2 aromatic rings. The molecule has 2 rings (SSSR count). The number of nitrogens with zero attached hydrogens (tertiary/aromatic N) is 3. The van der Waals surface area contributed by atoms with Crippen LogP contribution >= 0.6 is 0 Å². The van der Waals surface area contributed by atoms with Crippen molar-refractivity contribution in [3.8, 4) is 12.1 Å². The summed E-state index contributed by atoms with van der Waals surface area (Å²) in [4.78, 5) is 2.20. The third-order valence-electron chi connectivity index (χ3n) is 3.88. The van der Waals surface area contributed by atoms with Crippen LogP contribution in [0.3, 0.4) is 0 Å². The van der Waals surface area contributed by atoms with Crippen LogP contribution in [0.2, 0.25) is 0 Å². The maximum atomic E-state index is 10.5. The molecular formula is C20H21N3O. The summed E-state index contributed by atoms with van der Waals surface area (Å²) in [5, 5.41) is 28.2. The van der Waals surface area contributed by atoms with Crippen LogP contribution in [0.5, 0.6) is 0 Å². The zero-order valence-corrected chi connectivity index (χ0v) is 13.8. The van der Waals surface area contributed by atoms with Gasteiger partial charge in [-0.25, -0.2) is 0 Å². The van der Waals surface area contributed by atoms with E-state index in [0.29, 0.717) is 17.7 Å². The highest BCUT2D eigenvalue weighted by Gasteiger charge is 2.13. The molecule has 0 fully saturated rings. The van der Waals surface area contributed by atoms with Crippen LogP contribution in [0.15, 0.2) is 48.5 Å². The van der Waals surface area contributed by atoms with Crippen molar-refractivity contribution < 1.29 is 5.11 Å². The maximum absolute atomic E-state index is 10.5. The van der Waals surface area contributed by atoms with Crippen molar-refractivity contribution in [1.29, 1.82) is 10.5 Å². The first-order valence-corrected chi connectivity index (χ1v) is 8.05. The molecule has 24 heavy (non-hydrogen) atoms. The fourth-order valence-electron chi connectivity index (χ4n) is 2.62. The Hall–Kier alpha value is -2.66. The molecule has 0 spiro atoms. The number of hydrogen-bond donors (Lipinski definition) is 1. The normalized spacial score (nSPS) is 11.7. The first-order valence-electron chi connectivity index (χ1n) is 8.05. The Morgan fingerprint density at radius 1 is 0.958 bits per heavy atom. The van der Waals surface area contributed by atoms with Crippen LogP contribution in [0, 0.1) is 22.7 Å². The maximum Gasteiger partial charge on any atom is 0.0991 e. The Morgan fingerprint density at radius 3 is 2.00 bits per heavy atom. The van der Waals surface area contributed by atoms with E-state index in [2.05, 4.69) is 24.0 Å². The number of nitriles is 2. The lowest BCUT2D eigenvalue weighted by Crippen LogP contribution is -2.29. The fraction of sp³-hybridized carbons (Fsp3) is 0.300. The molecule has 0 radical (unpaired) electrons. The van der Waals surface area contributed by atoms with Gasteiger partial charge in [0.25, 0.3) is 0 Å². The average molecular weight is 319 g/mol. The predicted octanol–water partition coefficient (Wildman–Crippen LogP) is 3.38. The summed E-state index contributed by atoms with van der Waals surface area (Å²) in [7, 11) is 0. The number of hydrogen-bond acceptors (Lipinski definition) is 4. The number of aliphatic hydroxyl groups excluding tert-OH is 1. The summed E-state index contributed by atoms with van der Waals surface area (Å²) in [5.74, 6) is 0. The van der Waals surface area contributed by atoms with Gasteiger partial charge >= 0.3 is 0 Å². The number of benzene rings is 2. The molecule has 1 unspecified atom stereocenters. The van der Waals surface area contributed by atoms with Crippen molar-refractivity contribution in [3.63, 3.8) is 0 Å². The lowest BCUT2D eigenvalue weighted by atomic mass is 10.1. The molecule has 4 heteroatoms. The molecule has 2 aromatic carbocycles. The first-order chi connectivity index (χ1) is 11.7. The molecule has 0 heterocycles. The second-order valence-electron chi connectivity index (χ2n) is 5.79. The van der Waals surface area contributed by atoms with Crippen LogP contribution < -0.4 is 0 Å². The minimum Gasteiger partial charge on any atom is -0.387 e. The van der Waals surface area contributed by atoms with E-state index in [-0.39, 0.29) is 0 Å². The zero-order chi connectivity index (χ0) is 17.4. The lowest BCUT2D eigenvalue weighted by molar-refractivity contribution is 0.109. The highest BCUT2D eigenvalue weighted by atomic mass is 16.3. The quantitative estimate of drug-likeness (QED) is 0.849. The van der Waals surface area contributed by atoms with Gasteiger partial charge in [0.2, 0.25) is 0 Å². The standard InChI is InChI=1S/C20H21N3O/c1-2-11-23(14-18-5-3-16(12-21)4-6-18)15-20(24)19-9-7-17(13-22)8-10-19/h3-10,20,24H,2,11,14-15H2,1H3. The van der Waals surface area contributed by atoms with Crippen molar-refractivity contribution in [1.82, 2.24) is 4.90 Å². The van der Waals surface area contributed by atoms with Gasteiger partial charge in [-0.2, -0.15) is 10.5 Å². The predicted molar refractivity (Wildman–Crippen MR) is 92.8 cm³/mol. The van der Waals surface area contributed by atoms with E-state index in [1.807, 2.05) is 24.3 Å². The van der Waals surface area contributed by atoms with E-state index in [1.165, 1.54) is 0 Å². The average Bonchev–Trinajstić information content (AvgIpc) is 2.62. The molecule has 0 bridgehead atoms. The summed E-state index contributed by atoms with van der Waals surface area (Å²) >= 11 is 0. The molecule has 0 aromatic heterocycles. The van der Waals surface area contributed by atoms with E-state index in [0.717, 1.165) is 30.6 Å². The van der Waals surface area contributed by atoms with Crippen molar-refractivity contribution in [2.45, 2.75) is 26.0 Å². The van der Waals surface area contributed by atoms with Crippen molar-refractivity contribution in [2.24, 2.45) is 0 Å². The van der Waals surface area contributed by atoms with Gasteiger partial charge in [0, 0.05) is 13.1 Å². The van der Waals surface area contributed by atoms with E-state index in [4.69, 9.17) is 10.5 Å². The summed E-state index contributed by atoms with van der Waals surface area (Å²) in [6.07, 6.45) is 0.402. The van der Waals surface area contributed by atoms with E-state index in [1.54, 1.807) is 24.3 Å². The Labute approximate surface area is 143 Å². The van der Waals surface area contributed by atoms with Crippen LogP contribution in [0.1, 0.15) is 41.7 Å². The Morgan fingerprint density at radius 2 is 1.50 bits per heavy atom. The minimum absolute atomic E-state index is 0.528. The topological polar surface area (TPSA) is 71.1 Å². The second-order valence-corrected chi connectivity index (χ2v) is 5.79. The lowest BCUT2D eigenvalue weighted by Gasteiger charge is -2.25. The molecule has 0 saturated carbocycles. The van der Waals surface area contributed by atoms with E-state index in [9.17, 15) is 5.11 Å². The van der Waals surface area contributed by atoms with Crippen molar-refractivity contribution in [2.75, 3.05) is 13.1 Å². The van der Waals surface area contributed by atoms with Gasteiger partial charge in [0.05, 0.1) is 29.4 Å². The monoisotopic (exact) mass is 319 g/mol. The van der Waals surface area contributed by atoms with Gasteiger partial charge in [-0.15, -0.1) is 0 Å². The highest BCUT2D eigenvalue weighted by molar-refractivity contribution is 5.33. The summed E-state index contributed by atoms with van der Waals surface area (Å²) in [6.45, 7) is 4.25. The summed E-state index contributed by atoms with van der Waals surface area (Å²) in [5.41, 5.74) is 3.18. The fourth-order valence-corrected chi connectivity index (χ4v) is 2.62. The van der Waals surface area contributed by atoms with Crippen LogP contribution in [0.4, 0.5) is 0 Å². The highest BCUT2D eigenvalue weighted by Crippen LogP contribution is 2.17. The third-order valence-corrected chi connectivity index (χ3v) is 3.88. The van der Waals surface area contributed by atoms with Crippen molar-refractivity contribution in [3.05, 3.63) is 70.8 Å². The number of aliphatic hydroxyl groups is 1. The Kier molecular flexibility index (Phi) is 6.51. The van der Waals surface area contributed by atoms with Gasteiger partial charge in [-0.1, -0.05) is 31.2 Å². The molecule has 122 valence electrons. The largest absolute Gasteiger partial charge is 0.387 e. The minimum atomic E-state index is -0.595. The molecule has 1 N–H and O–H groups in total. The molecule has 0 aliphatic carbocycles. The second kappa shape index (κ2) is 8.84. The molecule has 4 nitrogen and oxygen atoms in total. The van der Waals surface area contributed by atoms with Crippen LogP contribution in [-0.2, 0) is 6.54 Å². The molecule has 0 saturated heterocycles. The van der Waals surface area contributed by atoms with Crippen LogP contribution in [0.25, 0.3) is 0 Å². The molecule has 0 amide bonds. The van der Waals surface area contributed by atoms with Gasteiger partial charge in [-0.3, -0.25) is 4.90 Å². The smallest absolute Gasteiger partial charge is 0.0991 e. The van der Waals surface area contributed by atoms with E-state index >= 15 is 0 Å². The number of rotatable bonds is 7. The Bertz CT molecular complexity index is 723. The van der Waals surface area contributed by atoms with Gasteiger partial charge < -0.3 is 5.11 Å². The van der Waals surface area contributed by atoms with E-state index < -0.39 is 6.10 Å². The molecular weight excluding hydrogens is 298 g/mol.